The third kappa shape index (κ3) is 14.8. The van der Waals surface area contributed by atoms with Crippen LogP contribution in [0.2, 0.25) is 0 Å². The van der Waals surface area contributed by atoms with Crippen molar-refractivity contribution in [3.8, 4) is 0 Å². The van der Waals surface area contributed by atoms with Gasteiger partial charge >= 0.3 is 5.97 Å². The number of nitrogens with one attached hydrogen (secondary N) is 6. The van der Waals surface area contributed by atoms with Gasteiger partial charge in [0.05, 0.1) is 25.7 Å². The van der Waals surface area contributed by atoms with Crippen LogP contribution in [0.15, 0.2) is 0 Å². The highest BCUT2D eigenvalue weighted by atomic mass is 32.2. The second kappa shape index (κ2) is 20.5. The van der Waals surface area contributed by atoms with Gasteiger partial charge in [-0.1, -0.05) is 41.5 Å². The van der Waals surface area contributed by atoms with Gasteiger partial charge in [-0.25, -0.2) is 4.79 Å². The van der Waals surface area contributed by atoms with Crippen molar-refractivity contribution in [2.24, 2.45) is 23.5 Å². The molecule has 0 unspecified atom stereocenters. The van der Waals surface area contributed by atoms with E-state index in [1.54, 1.807) is 41.5 Å². The second-order valence-corrected chi connectivity index (χ2v) is 12.2. The Labute approximate surface area is 262 Å². The molecule has 16 nitrogen and oxygen atoms in total. The molecule has 0 aliphatic rings. The van der Waals surface area contributed by atoms with Gasteiger partial charge < -0.3 is 47.8 Å². The molecule has 0 aliphatic carbocycles. The van der Waals surface area contributed by atoms with Crippen LogP contribution in [0, 0.1) is 17.8 Å². The highest BCUT2D eigenvalue weighted by Gasteiger charge is 2.32. The molecule has 0 aromatic rings. The third-order valence-electron chi connectivity index (χ3n) is 6.44. The molecule has 252 valence electrons. The minimum Gasteiger partial charge on any atom is -0.480 e. The monoisotopic (exact) mass is 647 g/mol. The summed E-state index contributed by atoms with van der Waals surface area (Å²) in [6, 6.07) is -5.54. The van der Waals surface area contributed by atoms with Crippen molar-refractivity contribution >= 4 is 53.2 Å². The molecular weight excluding hydrogens is 598 g/mol. The molecule has 0 rings (SSSR count). The fourth-order valence-electron chi connectivity index (χ4n) is 3.59. The van der Waals surface area contributed by atoms with Gasteiger partial charge in [-0.2, -0.15) is 11.8 Å². The van der Waals surface area contributed by atoms with E-state index >= 15 is 0 Å². The van der Waals surface area contributed by atoms with Gasteiger partial charge in [0.2, 0.25) is 35.4 Å². The van der Waals surface area contributed by atoms with E-state index in [2.05, 4.69) is 31.9 Å². The largest absolute Gasteiger partial charge is 0.480 e. The van der Waals surface area contributed by atoms with E-state index in [-0.39, 0.29) is 5.92 Å². The number of rotatable bonds is 20. The molecule has 5 atom stereocenters. The first kappa shape index (κ1) is 40.6. The van der Waals surface area contributed by atoms with E-state index in [1.165, 1.54) is 11.8 Å². The maximum absolute atomic E-state index is 13.0. The first-order valence-electron chi connectivity index (χ1n) is 14.3. The lowest BCUT2D eigenvalue weighted by molar-refractivity contribution is -0.143. The summed E-state index contributed by atoms with van der Waals surface area (Å²) in [5.41, 5.74) is 5.86. The Morgan fingerprint density at radius 2 is 1.16 bits per heavy atom. The Bertz CT molecular complexity index is 1010. The Hall–Kier alpha value is -3.44. The molecule has 0 aliphatic heterocycles. The molecular formula is C27H49N7O9S. The zero-order valence-electron chi connectivity index (χ0n) is 26.4. The lowest BCUT2D eigenvalue weighted by Gasteiger charge is -2.27. The van der Waals surface area contributed by atoms with Crippen LogP contribution in [0.5, 0.6) is 0 Å². The van der Waals surface area contributed by atoms with Crippen molar-refractivity contribution < 1.29 is 43.8 Å². The van der Waals surface area contributed by atoms with Crippen LogP contribution in [0.1, 0.15) is 48.0 Å². The number of aliphatic carboxylic acids is 1. The molecule has 0 aromatic carbocycles. The predicted octanol–water partition coefficient (Wildman–Crippen LogP) is -2.72. The molecule has 0 spiro atoms. The molecule has 0 radical (unpaired) electrons. The van der Waals surface area contributed by atoms with E-state index in [9.17, 15) is 38.7 Å². The molecule has 0 fully saturated rings. The molecule has 0 heterocycles. The maximum atomic E-state index is 13.0. The molecule has 10 N–H and O–H groups in total. The zero-order chi connectivity index (χ0) is 34.1. The van der Waals surface area contributed by atoms with Crippen molar-refractivity contribution in [2.75, 3.05) is 31.7 Å². The summed E-state index contributed by atoms with van der Waals surface area (Å²) in [6.07, 6.45) is 2.16. The normalized spacial score (nSPS) is 14.5. The smallest absolute Gasteiger partial charge is 0.328 e. The standard InChI is InChI=1S/C27H49N7O9S/c1-13(2)20(28)24(39)31-16(8-9-44-7)23(38)30-10-18(36)29-11-19(37)33-21(14(3)4)26(41)34-22(15(5)6)25(40)32-17(12-35)27(42)43/h13-17,20-22,35H,8-12,28H2,1-7H3,(H,29,36)(H,30,38)(H,31,39)(H,32,40)(H,33,37)(H,34,41)(H,42,43)/t16-,17-,20-,21-,22-/m0/s1. The number of hydrogen-bond acceptors (Lipinski definition) is 10. The van der Waals surface area contributed by atoms with Crippen LogP contribution in [0.3, 0.4) is 0 Å². The minimum absolute atomic E-state index is 0.142. The highest BCUT2D eigenvalue weighted by Crippen LogP contribution is 2.08. The quantitative estimate of drug-likeness (QED) is 0.0656. The lowest BCUT2D eigenvalue weighted by Crippen LogP contribution is -2.59. The molecule has 0 bridgehead atoms. The summed E-state index contributed by atoms with van der Waals surface area (Å²) in [4.78, 5) is 86.6. The number of carbonyl (C=O) groups excluding carboxylic acids is 6. The van der Waals surface area contributed by atoms with Crippen LogP contribution in [0.25, 0.3) is 0 Å². The Balaban J connectivity index is 5.10. The number of carbonyl (C=O) groups is 7. The maximum Gasteiger partial charge on any atom is 0.328 e. The molecule has 17 heteroatoms. The number of amides is 6. The number of aliphatic hydroxyl groups excluding tert-OH is 1. The van der Waals surface area contributed by atoms with Crippen molar-refractivity contribution in [1.29, 1.82) is 0 Å². The van der Waals surface area contributed by atoms with Crippen molar-refractivity contribution in [2.45, 2.75) is 78.2 Å². The third-order valence-corrected chi connectivity index (χ3v) is 7.09. The number of carboxylic acids is 1. The van der Waals surface area contributed by atoms with E-state index in [0.717, 1.165) is 0 Å². The number of carboxylic acid groups (broad SMARTS) is 1. The topological polar surface area (TPSA) is 258 Å². The van der Waals surface area contributed by atoms with Crippen LogP contribution >= 0.6 is 11.8 Å². The van der Waals surface area contributed by atoms with Gasteiger partial charge in [0.1, 0.15) is 24.2 Å². The van der Waals surface area contributed by atoms with Crippen LogP contribution in [-0.4, -0.2) is 114 Å². The van der Waals surface area contributed by atoms with E-state index in [4.69, 9.17) is 10.8 Å². The Kier molecular flexibility index (Phi) is 18.9. The fourth-order valence-corrected chi connectivity index (χ4v) is 4.06. The predicted molar refractivity (Wildman–Crippen MR) is 164 cm³/mol. The molecule has 0 saturated carbocycles. The molecule has 44 heavy (non-hydrogen) atoms. The molecule has 0 saturated heterocycles. The summed E-state index contributed by atoms with van der Waals surface area (Å²) in [5.74, 6) is -5.95. The fraction of sp³-hybridized carbons (Fsp3) is 0.741. The van der Waals surface area contributed by atoms with Crippen molar-refractivity contribution in [3.05, 3.63) is 0 Å². The number of hydrogen-bond donors (Lipinski definition) is 9. The van der Waals surface area contributed by atoms with Gasteiger partial charge in [0, 0.05) is 0 Å². The SMILES string of the molecule is CSCC[C@H](NC(=O)[C@@H](N)C(C)C)C(=O)NCC(=O)NCC(=O)N[C@H](C(=O)N[C@H](C(=O)N[C@@H](CO)C(=O)O)C(C)C)C(C)C. The molecule has 6 amide bonds. The van der Waals surface area contributed by atoms with Crippen LogP contribution in [0.4, 0.5) is 0 Å². The lowest BCUT2D eigenvalue weighted by atomic mass is 9.99. The van der Waals surface area contributed by atoms with Crippen molar-refractivity contribution in [3.63, 3.8) is 0 Å². The minimum atomic E-state index is -1.56. The van der Waals surface area contributed by atoms with Crippen LogP contribution < -0.4 is 37.6 Å². The van der Waals surface area contributed by atoms with E-state index in [0.29, 0.717) is 12.2 Å². The zero-order valence-corrected chi connectivity index (χ0v) is 27.2. The summed E-state index contributed by atoms with van der Waals surface area (Å²) in [7, 11) is 0. The number of aliphatic hydroxyl groups is 1. The summed E-state index contributed by atoms with van der Waals surface area (Å²) in [6.45, 7) is 8.25. The second-order valence-electron chi connectivity index (χ2n) is 11.2. The van der Waals surface area contributed by atoms with Gasteiger partial charge in [0.15, 0.2) is 0 Å². The summed E-state index contributed by atoms with van der Waals surface area (Å²) < 4.78 is 0. The molecule has 0 aromatic heterocycles. The number of thioether (sulfide) groups is 1. The highest BCUT2D eigenvalue weighted by molar-refractivity contribution is 7.98. The number of nitrogens with two attached hydrogens (primary N) is 1. The average molecular weight is 648 g/mol. The Morgan fingerprint density at radius 3 is 1.64 bits per heavy atom. The van der Waals surface area contributed by atoms with Gasteiger partial charge in [-0.05, 0) is 36.2 Å². The average Bonchev–Trinajstić information content (AvgIpc) is 2.95. The first-order chi connectivity index (χ1) is 20.5. The van der Waals surface area contributed by atoms with Crippen LogP contribution in [-0.2, 0) is 33.6 Å². The summed E-state index contributed by atoms with van der Waals surface area (Å²) in [5, 5.41) is 32.8. The van der Waals surface area contributed by atoms with Gasteiger partial charge in [-0.3, -0.25) is 28.8 Å². The summed E-state index contributed by atoms with van der Waals surface area (Å²) >= 11 is 1.48. The Morgan fingerprint density at radius 1 is 0.659 bits per heavy atom. The van der Waals surface area contributed by atoms with Gasteiger partial charge in [-0.15, -0.1) is 0 Å². The van der Waals surface area contributed by atoms with E-state index in [1.807, 2.05) is 6.26 Å². The first-order valence-corrected chi connectivity index (χ1v) is 15.7. The van der Waals surface area contributed by atoms with E-state index < -0.39 is 103 Å². The van der Waals surface area contributed by atoms with Gasteiger partial charge in [0.25, 0.3) is 0 Å². The van der Waals surface area contributed by atoms with Crippen molar-refractivity contribution in [1.82, 2.24) is 31.9 Å².